The fraction of sp³-hybridized carbons (Fsp3) is 0.750. The predicted octanol–water partition coefficient (Wildman–Crippen LogP) is 5.71. The van der Waals surface area contributed by atoms with Gasteiger partial charge in [-0.25, -0.2) is 0 Å². The van der Waals surface area contributed by atoms with Crippen molar-refractivity contribution in [3.8, 4) is 0 Å². The summed E-state index contributed by atoms with van der Waals surface area (Å²) >= 11 is 0. The Hall–Kier alpha value is 1.37. The molecule has 9 heavy (non-hydrogen) atoms. The summed E-state index contributed by atoms with van der Waals surface area (Å²) in [7, 11) is 7.94. The minimum absolute atomic E-state index is 0.809. The molecule has 0 nitrogen and oxygen atoms in total. The SMILES string of the molecule is CC(C)c1ppppp1. The number of rotatable bonds is 1. The molecule has 0 spiro atoms. The van der Waals surface area contributed by atoms with Gasteiger partial charge in [-0.2, -0.15) is 0 Å². The molecule has 0 amide bonds. The Morgan fingerprint density at radius 1 is 1.00 bits per heavy atom. The summed E-state index contributed by atoms with van der Waals surface area (Å²) in [4.78, 5) is 0. The Bertz CT molecular complexity index is 172. The average Bonchev–Trinajstić information content (AvgIpc) is 1.90. The third-order valence-electron chi connectivity index (χ3n) is 0.891. The van der Waals surface area contributed by atoms with E-state index >= 15 is 0 Å². The van der Waals surface area contributed by atoms with E-state index in [1.807, 2.05) is 0 Å². The predicted molar refractivity (Wildman–Crippen MR) is 53.1 cm³/mol. The molecule has 5 heteroatoms. The zero-order chi connectivity index (χ0) is 6.69. The monoisotopic (exact) mass is 210 g/mol. The van der Waals surface area contributed by atoms with Crippen molar-refractivity contribution in [1.82, 2.24) is 0 Å². The van der Waals surface area contributed by atoms with E-state index < -0.39 is 0 Å². The molecule has 0 aliphatic heterocycles. The smallest absolute Gasteiger partial charge is 0.0189 e. The summed E-state index contributed by atoms with van der Waals surface area (Å²) in [5.41, 5.74) is 0. The van der Waals surface area contributed by atoms with Crippen molar-refractivity contribution in [3.63, 3.8) is 0 Å². The Balaban J connectivity index is 2.85. The molecule has 1 aromatic rings. The fourth-order valence-corrected chi connectivity index (χ4v) is 15.9. The molecule has 0 unspecified atom stereocenters. The summed E-state index contributed by atoms with van der Waals surface area (Å²) in [6.07, 6.45) is 0. The van der Waals surface area contributed by atoms with Crippen molar-refractivity contribution in [2.45, 2.75) is 19.8 Å². The summed E-state index contributed by atoms with van der Waals surface area (Å²) in [6, 6.07) is 0. The van der Waals surface area contributed by atoms with Crippen LogP contribution < -0.4 is 0 Å². The molecule has 0 atom stereocenters. The molecule has 0 saturated carbocycles. The molecule has 0 aromatic carbocycles. The first-order chi connectivity index (χ1) is 4.30. The van der Waals surface area contributed by atoms with Gasteiger partial charge >= 0.3 is 0 Å². The lowest BCUT2D eigenvalue weighted by molar-refractivity contribution is 0.908. The van der Waals surface area contributed by atoms with Crippen molar-refractivity contribution < 1.29 is 0 Å². The molecule has 1 rings (SSSR count). The second-order valence-corrected chi connectivity index (χ2v) is 11.9. The molecular weight excluding hydrogens is 203 g/mol. The molecule has 0 bridgehead atoms. The van der Waals surface area contributed by atoms with Crippen molar-refractivity contribution in [3.05, 3.63) is 5.03 Å². The van der Waals surface area contributed by atoms with Gasteiger partial charge in [-0.05, 0) is 44.3 Å². The minimum atomic E-state index is 0.809. The van der Waals surface area contributed by atoms with Gasteiger partial charge in [-0.1, -0.05) is 13.8 Å². The van der Waals surface area contributed by atoms with Gasteiger partial charge in [0, 0.05) is 5.03 Å². The molecule has 0 fully saturated rings. The van der Waals surface area contributed by atoms with E-state index in [0.29, 0.717) is 0 Å². The average molecular weight is 210 g/mol. The van der Waals surface area contributed by atoms with E-state index in [1.54, 1.807) is 43.4 Å². The standard InChI is InChI=1S/C4H7P5/c1-3(2)4-5-7-9-8-6-4/h3H,1-2H3. The Morgan fingerprint density at radius 3 is 1.89 bits per heavy atom. The highest BCUT2D eigenvalue weighted by atomic mass is 32.4. The van der Waals surface area contributed by atoms with Crippen LogP contribution >= 0.6 is 38.4 Å². The van der Waals surface area contributed by atoms with Crippen molar-refractivity contribution in [1.29, 1.82) is 0 Å². The van der Waals surface area contributed by atoms with Crippen LogP contribution in [0, 0.1) is 0 Å². The van der Waals surface area contributed by atoms with Crippen molar-refractivity contribution in [2.75, 3.05) is 0 Å². The highest BCUT2D eigenvalue weighted by molar-refractivity contribution is 8.39. The first-order valence-electron chi connectivity index (χ1n) is 2.69. The highest BCUT2D eigenvalue weighted by Crippen LogP contribution is 2.49. The van der Waals surface area contributed by atoms with Crippen LogP contribution in [0.25, 0.3) is 0 Å². The van der Waals surface area contributed by atoms with E-state index in [4.69, 9.17) is 0 Å². The summed E-state index contributed by atoms with van der Waals surface area (Å²) in [6.45, 7) is 4.59. The van der Waals surface area contributed by atoms with Crippen LogP contribution in [0.5, 0.6) is 0 Å². The number of hydrogen-bond acceptors (Lipinski definition) is 0. The molecule has 0 aliphatic rings. The van der Waals surface area contributed by atoms with Crippen molar-refractivity contribution in [2.24, 2.45) is 0 Å². The van der Waals surface area contributed by atoms with Gasteiger partial charge in [0.25, 0.3) is 0 Å². The molecule has 0 N–H and O–H groups in total. The van der Waals surface area contributed by atoms with Crippen LogP contribution in [0.4, 0.5) is 0 Å². The second kappa shape index (κ2) is 4.29. The van der Waals surface area contributed by atoms with E-state index in [-0.39, 0.29) is 0 Å². The van der Waals surface area contributed by atoms with E-state index in [2.05, 4.69) is 13.8 Å². The van der Waals surface area contributed by atoms with E-state index in [1.165, 1.54) is 0 Å². The van der Waals surface area contributed by atoms with Gasteiger partial charge in [0.15, 0.2) is 0 Å². The lowest BCUT2D eigenvalue weighted by Gasteiger charge is -1.98. The van der Waals surface area contributed by atoms with Crippen LogP contribution in [0.3, 0.4) is 0 Å². The summed E-state index contributed by atoms with van der Waals surface area (Å²) in [5, 5.41) is 1.72. The lowest BCUT2D eigenvalue weighted by Crippen LogP contribution is -1.73. The first kappa shape index (κ1) is 8.47. The minimum Gasteiger partial charge on any atom is -0.0580 e. The van der Waals surface area contributed by atoms with Crippen LogP contribution in [0.1, 0.15) is 24.8 Å². The maximum Gasteiger partial charge on any atom is 0.0189 e. The maximum atomic E-state index is 2.29. The van der Waals surface area contributed by atoms with E-state index in [0.717, 1.165) is 5.92 Å². The number of hydrogen-bond donors (Lipinski definition) is 0. The van der Waals surface area contributed by atoms with E-state index in [9.17, 15) is 0 Å². The highest BCUT2D eigenvalue weighted by Gasteiger charge is 1.96. The third kappa shape index (κ3) is 2.85. The molecule has 0 aliphatic carbocycles. The molecule has 0 saturated heterocycles. The molecule has 1 aromatic heterocycles. The topological polar surface area (TPSA) is 0 Å². The Morgan fingerprint density at radius 2 is 1.56 bits per heavy atom. The van der Waals surface area contributed by atoms with Crippen molar-refractivity contribution >= 4 is 38.4 Å². The molecule has 0 radical (unpaired) electrons. The Labute approximate surface area is 63.6 Å². The zero-order valence-corrected chi connectivity index (χ0v) is 9.79. The Kier molecular flexibility index (Phi) is 4.04. The lowest BCUT2D eigenvalue weighted by atomic mass is 10.3. The van der Waals surface area contributed by atoms with Crippen LogP contribution in [0.15, 0.2) is 0 Å². The molecule has 48 valence electrons. The van der Waals surface area contributed by atoms with Crippen LogP contribution in [-0.2, 0) is 0 Å². The fourth-order valence-electron chi connectivity index (χ4n) is 0.400. The van der Waals surface area contributed by atoms with Gasteiger partial charge in [-0.3, -0.25) is 0 Å². The van der Waals surface area contributed by atoms with Gasteiger partial charge in [-0.15, -0.1) is 0 Å². The molecule has 1 heterocycles. The first-order valence-corrected chi connectivity index (χ1v) is 9.99. The van der Waals surface area contributed by atoms with Crippen LogP contribution in [-0.4, -0.2) is 0 Å². The quantitative estimate of drug-likeness (QED) is 0.556. The van der Waals surface area contributed by atoms with Gasteiger partial charge in [0.05, 0.1) is 0 Å². The summed E-state index contributed by atoms with van der Waals surface area (Å²) in [5.74, 6) is 0.809. The van der Waals surface area contributed by atoms with Gasteiger partial charge < -0.3 is 0 Å². The summed E-state index contributed by atoms with van der Waals surface area (Å²) < 4.78 is 0. The molecular formula is C4H7P5. The zero-order valence-electron chi connectivity index (χ0n) is 5.31. The maximum absolute atomic E-state index is 2.29. The van der Waals surface area contributed by atoms with Crippen LogP contribution in [0.2, 0.25) is 0 Å². The normalized spacial score (nSPS) is 14.6. The largest absolute Gasteiger partial charge is 0.0580 e. The second-order valence-electron chi connectivity index (χ2n) is 1.98. The van der Waals surface area contributed by atoms with Gasteiger partial charge in [0.2, 0.25) is 0 Å². The third-order valence-corrected chi connectivity index (χ3v) is 13.9. The van der Waals surface area contributed by atoms with Gasteiger partial charge in [0.1, 0.15) is 0 Å².